The third-order valence-corrected chi connectivity index (χ3v) is 7.32. The number of anilines is 1. The summed E-state index contributed by atoms with van der Waals surface area (Å²) in [5, 5.41) is 0.238. The van der Waals surface area contributed by atoms with Gasteiger partial charge in [-0.3, -0.25) is 9.10 Å². The van der Waals surface area contributed by atoms with Gasteiger partial charge in [0.05, 0.1) is 28.3 Å². The molecule has 1 saturated heterocycles. The number of amides is 1. The number of hydrogen-bond acceptors (Lipinski definition) is 4. The Kier molecular flexibility index (Phi) is 6.39. The number of carbonyl (C=O) groups is 1. The van der Waals surface area contributed by atoms with Crippen LogP contribution in [0.2, 0.25) is 5.02 Å². The molecule has 1 heterocycles. The molecule has 0 N–H and O–H groups in total. The second-order valence-electron chi connectivity index (χ2n) is 7.31. The van der Waals surface area contributed by atoms with Crippen molar-refractivity contribution in [3.8, 4) is 5.75 Å². The lowest BCUT2D eigenvalue weighted by Gasteiger charge is -2.31. The van der Waals surface area contributed by atoms with Gasteiger partial charge in [-0.2, -0.15) is 0 Å². The van der Waals surface area contributed by atoms with Crippen LogP contribution >= 0.6 is 11.6 Å². The van der Waals surface area contributed by atoms with Gasteiger partial charge in [0.15, 0.2) is 0 Å². The Balaban J connectivity index is 1.83. The number of sulfonamides is 1. The molecule has 1 aliphatic heterocycles. The standard InChI is InChI=1S/C21H25ClN2O4S/c1-15-5-4-12-24(14-15)21(25)19-11-6-16(13-20(19)22)23(2)29(26,27)18-9-7-17(28-3)8-10-18/h6-11,13,15H,4-5,12,14H2,1-3H3. The van der Waals surface area contributed by atoms with Crippen molar-refractivity contribution in [2.75, 3.05) is 31.6 Å². The third-order valence-electron chi connectivity index (χ3n) is 5.21. The van der Waals surface area contributed by atoms with Crippen LogP contribution in [0.1, 0.15) is 30.1 Å². The number of hydrogen-bond donors (Lipinski definition) is 0. The normalized spacial score (nSPS) is 17.1. The second-order valence-corrected chi connectivity index (χ2v) is 9.69. The van der Waals surface area contributed by atoms with Gasteiger partial charge in [-0.1, -0.05) is 18.5 Å². The molecule has 0 aliphatic carbocycles. The van der Waals surface area contributed by atoms with E-state index in [0.29, 0.717) is 36.0 Å². The van der Waals surface area contributed by atoms with E-state index in [4.69, 9.17) is 16.3 Å². The van der Waals surface area contributed by atoms with E-state index in [9.17, 15) is 13.2 Å². The number of benzene rings is 2. The van der Waals surface area contributed by atoms with E-state index in [1.807, 2.05) is 4.90 Å². The molecule has 0 saturated carbocycles. The van der Waals surface area contributed by atoms with Gasteiger partial charge >= 0.3 is 0 Å². The number of rotatable bonds is 5. The molecular formula is C21H25ClN2O4S. The van der Waals surface area contributed by atoms with Gasteiger partial charge in [-0.05, 0) is 61.2 Å². The van der Waals surface area contributed by atoms with Gasteiger partial charge in [0.25, 0.3) is 15.9 Å². The topological polar surface area (TPSA) is 66.9 Å². The van der Waals surface area contributed by atoms with Crippen LogP contribution in [0, 0.1) is 5.92 Å². The van der Waals surface area contributed by atoms with E-state index in [1.165, 1.54) is 32.4 Å². The van der Waals surface area contributed by atoms with Gasteiger partial charge in [-0.15, -0.1) is 0 Å². The highest BCUT2D eigenvalue weighted by molar-refractivity contribution is 7.92. The van der Waals surface area contributed by atoms with Gasteiger partial charge in [0.1, 0.15) is 5.75 Å². The van der Waals surface area contributed by atoms with Gasteiger partial charge < -0.3 is 9.64 Å². The average molecular weight is 437 g/mol. The van der Waals surface area contributed by atoms with Crippen molar-refractivity contribution < 1.29 is 17.9 Å². The van der Waals surface area contributed by atoms with Crippen molar-refractivity contribution in [2.45, 2.75) is 24.7 Å². The second kappa shape index (κ2) is 8.63. The highest BCUT2D eigenvalue weighted by Gasteiger charge is 2.26. The SMILES string of the molecule is COc1ccc(S(=O)(=O)N(C)c2ccc(C(=O)N3CCCC(C)C3)c(Cl)c2)cc1. The fourth-order valence-corrected chi connectivity index (χ4v) is 4.91. The Labute approximate surface area is 177 Å². The van der Waals surface area contributed by atoms with Crippen LogP contribution in [0.3, 0.4) is 0 Å². The molecule has 156 valence electrons. The average Bonchev–Trinajstić information content (AvgIpc) is 2.72. The first-order valence-corrected chi connectivity index (χ1v) is 11.3. The van der Waals surface area contributed by atoms with Crippen LogP contribution in [0.25, 0.3) is 0 Å². The summed E-state index contributed by atoms with van der Waals surface area (Å²) in [7, 11) is -0.795. The Bertz CT molecular complexity index is 992. The van der Waals surface area contributed by atoms with Crippen LogP contribution in [0.4, 0.5) is 5.69 Å². The molecule has 1 fully saturated rings. The zero-order valence-corrected chi connectivity index (χ0v) is 18.3. The van der Waals surface area contributed by atoms with Crippen molar-refractivity contribution >= 4 is 33.2 Å². The molecule has 6 nitrogen and oxygen atoms in total. The Morgan fingerprint density at radius 1 is 1.21 bits per heavy atom. The molecule has 2 aromatic carbocycles. The maximum absolute atomic E-state index is 12.9. The summed E-state index contributed by atoms with van der Waals surface area (Å²) in [6.45, 7) is 3.55. The summed E-state index contributed by atoms with van der Waals surface area (Å²) in [6, 6.07) is 10.9. The van der Waals surface area contributed by atoms with Crippen LogP contribution in [-0.4, -0.2) is 46.5 Å². The molecule has 1 atom stereocenters. The molecule has 0 aromatic heterocycles. The molecule has 3 rings (SSSR count). The minimum atomic E-state index is -3.77. The zero-order valence-electron chi connectivity index (χ0n) is 16.8. The minimum Gasteiger partial charge on any atom is -0.497 e. The third kappa shape index (κ3) is 4.51. The van der Waals surface area contributed by atoms with Crippen molar-refractivity contribution in [1.29, 1.82) is 0 Å². The first-order chi connectivity index (χ1) is 13.7. The molecule has 1 aliphatic rings. The summed E-state index contributed by atoms with van der Waals surface area (Å²) < 4.78 is 32.0. The van der Waals surface area contributed by atoms with E-state index in [1.54, 1.807) is 24.3 Å². The summed E-state index contributed by atoms with van der Waals surface area (Å²) >= 11 is 6.37. The smallest absolute Gasteiger partial charge is 0.264 e. The maximum atomic E-state index is 12.9. The van der Waals surface area contributed by atoms with Gasteiger partial charge in [0.2, 0.25) is 0 Å². The molecule has 1 amide bonds. The van der Waals surface area contributed by atoms with Crippen molar-refractivity contribution in [2.24, 2.45) is 5.92 Å². The Morgan fingerprint density at radius 2 is 1.90 bits per heavy atom. The lowest BCUT2D eigenvalue weighted by Crippen LogP contribution is -2.39. The first-order valence-electron chi connectivity index (χ1n) is 9.46. The van der Waals surface area contributed by atoms with Crippen molar-refractivity contribution in [3.05, 3.63) is 53.1 Å². The molecule has 1 unspecified atom stereocenters. The van der Waals surface area contributed by atoms with Crippen LogP contribution in [0.5, 0.6) is 5.75 Å². The number of piperidine rings is 1. The highest BCUT2D eigenvalue weighted by Crippen LogP contribution is 2.29. The van der Waals surface area contributed by atoms with E-state index in [-0.39, 0.29) is 15.8 Å². The quantitative estimate of drug-likeness (QED) is 0.709. The van der Waals surface area contributed by atoms with E-state index < -0.39 is 10.0 Å². The highest BCUT2D eigenvalue weighted by atomic mass is 35.5. The predicted molar refractivity (Wildman–Crippen MR) is 114 cm³/mol. The summed E-state index contributed by atoms with van der Waals surface area (Å²) in [4.78, 5) is 14.8. The van der Waals surface area contributed by atoms with Crippen LogP contribution in [0.15, 0.2) is 47.4 Å². The number of ether oxygens (including phenoxy) is 1. The molecule has 0 radical (unpaired) electrons. The number of nitrogens with zero attached hydrogens (tertiary/aromatic N) is 2. The Hall–Kier alpha value is -2.25. The summed E-state index contributed by atoms with van der Waals surface area (Å²) in [6.07, 6.45) is 2.09. The fourth-order valence-electron chi connectivity index (χ4n) is 3.46. The monoisotopic (exact) mass is 436 g/mol. The number of methoxy groups -OCH3 is 1. The molecule has 0 bridgehead atoms. The molecule has 29 heavy (non-hydrogen) atoms. The zero-order chi connectivity index (χ0) is 21.2. The van der Waals surface area contributed by atoms with Gasteiger partial charge in [0, 0.05) is 20.1 Å². The number of carbonyl (C=O) groups excluding carboxylic acids is 1. The van der Waals surface area contributed by atoms with Crippen molar-refractivity contribution in [3.63, 3.8) is 0 Å². The lowest BCUT2D eigenvalue weighted by atomic mass is 9.99. The molecule has 8 heteroatoms. The maximum Gasteiger partial charge on any atom is 0.264 e. The van der Waals surface area contributed by atoms with Gasteiger partial charge in [-0.25, -0.2) is 8.42 Å². The number of likely N-dealkylation sites (tertiary alicyclic amines) is 1. The van der Waals surface area contributed by atoms with E-state index in [2.05, 4.69) is 6.92 Å². The molecule has 2 aromatic rings. The summed E-state index contributed by atoms with van der Waals surface area (Å²) in [5.74, 6) is 0.921. The summed E-state index contributed by atoms with van der Waals surface area (Å²) in [5.41, 5.74) is 0.772. The Morgan fingerprint density at radius 3 is 2.48 bits per heavy atom. The minimum absolute atomic E-state index is 0.117. The van der Waals surface area contributed by atoms with Crippen molar-refractivity contribution in [1.82, 2.24) is 4.90 Å². The van der Waals surface area contributed by atoms with Crippen LogP contribution in [-0.2, 0) is 10.0 Å². The van der Waals surface area contributed by atoms with Crippen LogP contribution < -0.4 is 9.04 Å². The lowest BCUT2D eigenvalue weighted by molar-refractivity contribution is 0.0683. The molecular weight excluding hydrogens is 412 g/mol. The molecule has 0 spiro atoms. The fraction of sp³-hybridized carbons (Fsp3) is 0.381. The number of halogens is 1. The predicted octanol–water partition coefficient (Wildman–Crippen LogP) is 4.05. The van der Waals surface area contributed by atoms with E-state index in [0.717, 1.165) is 17.1 Å². The van der Waals surface area contributed by atoms with E-state index >= 15 is 0 Å². The largest absolute Gasteiger partial charge is 0.497 e. The first kappa shape index (κ1) is 21.5.